The summed E-state index contributed by atoms with van der Waals surface area (Å²) < 4.78 is 0. The number of likely N-dealkylation sites (tertiary alicyclic amines) is 3. The Bertz CT molecular complexity index is 2270. The van der Waals surface area contributed by atoms with Crippen LogP contribution in [0.25, 0.3) is 11.3 Å². The third kappa shape index (κ3) is 10.4. The molecule has 15 nitrogen and oxygen atoms in total. The lowest BCUT2D eigenvalue weighted by atomic mass is 9.82. The Kier molecular flexibility index (Phi) is 14.1. The van der Waals surface area contributed by atoms with Crippen molar-refractivity contribution in [1.29, 1.82) is 0 Å². The number of phenolic OH excluding ortho intramolecular Hbond substituents is 1. The molecule has 0 unspecified atom stereocenters. The minimum absolute atomic E-state index is 0.0467. The highest BCUT2D eigenvalue weighted by Gasteiger charge is 2.46. The molecule has 4 saturated heterocycles. The van der Waals surface area contributed by atoms with E-state index < -0.39 is 23.6 Å². The van der Waals surface area contributed by atoms with Gasteiger partial charge in [-0.2, -0.15) is 0 Å². The highest BCUT2D eigenvalue weighted by Crippen LogP contribution is 2.38. The van der Waals surface area contributed by atoms with Crippen molar-refractivity contribution in [1.82, 2.24) is 40.4 Å². The van der Waals surface area contributed by atoms with Crippen LogP contribution in [0.1, 0.15) is 89.7 Å². The lowest BCUT2D eigenvalue weighted by Gasteiger charge is -2.50. The third-order valence-electron chi connectivity index (χ3n) is 15.7. The number of carbonyl (C=O) groups is 3. The molecule has 358 valence electrons. The minimum Gasteiger partial charge on any atom is -0.507 e. The van der Waals surface area contributed by atoms with Crippen molar-refractivity contribution in [3.63, 3.8) is 0 Å². The molecule has 1 saturated carbocycles. The Labute approximate surface area is 396 Å². The number of aliphatic hydroxyl groups is 1. The van der Waals surface area contributed by atoms with Gasteiger partial charge in [-0.25, -0.2) is 0 Å². The summed E-state index contributed by atoms with van der Waals surface area (Å²) in [5, 5.41) is 39.6. The summed E-state index contributed by atoms with van der Waals surface area (Å²) in [6.07, 6.45) is 13.1. The standard InChI is InChI=1S/C52H70N10O5/c1-5-34-10-12-35(13-11-34)30-54-50(66)45-28-41(63)33-62(45)51(67)47(52(2,3)4)55-49(65)36-14-16-37(17-15-36)58-22-18-38(19-23-58)59-24-20-39(21-25-59)60-26-27-61-40(32-60)31-53-48-44(61)29-43(56-57-48)42-8-6-7-9-46(42)64/h1,6-13,29,36-41,45,47,63-64H,14-28,30-33H2,2-4H3,(H,53,57)(H,54,66)(H,55,65)/t36-,37+,40-,41+,45-,47+/m0/s1. The van der Waals surface area contributed by atoms with Crippen molar-refractivity contribution in [2.45, 2.75) is 127 Å². The third-order valence-corrected chi connectivity index (χ3v) is 15.7. The van der Waals surface area contributed by atoms with E-state index >= 15 is 0 Å². The second-order valence-electron chi connectivity index (χ2n) is 21.0. The van der Waals surface area contributed by atoms with Crippen LogP contribution in [0, 0.1) is 23.7 Å². The van der Waals surface area contributed by atoms with E-state index in [1.807, 2.05) is 63.2 Å². The molecular weight excluding hydrogens is 845 g/mol. The van der Waals surface area contributed by atoms with Crippen LogP contribution in [0.2, 0.25) is 0 Å². The minimum atomic E-state index is -0.834. The Morgan fingerprint density at radius 3 is 2.12 bits per heavy atom. The number of nitrogens with one attached hydrogen (secondary N) is 3. The van der Waals surface area contributed by atoms with E-state index in [0.717, 1.165) is 101 Å². The number of fused-ring (bicyclic) bond motifs is 3. The molecule has 15 heteroatoms. The zero-order chi connectivity index (χ0) is 46.8. The summed E-state index contributed by atoms with van der Waals surface area (Å²) in [6.45, 7) is 14.5. The van der Waals surface area contributed by atoms with Gasteiger partial charge in [0.1, 0.15) is 17.8 Å². The number of rotatable bonds is 10. The lowest BCUT2D eigenvalue weighted by Crippen LogP contribution is -2.61. The lowest BCUT2D eigenvalue weighted by molar-refractivity contribution is -0.144. The molecule has 5 N–H and O–H groups in total. The number of aromatic nitrogens is 2. The zero-order valence-electron chi connectivity index (χ0n) is 39.6. The van der Waals surface area contributed by atoms with Crippen LogP contribution < -0.4 is 20.9 Å². The molecule has 0 radical (unpaired) electrons. The van der Waals surface area contributed by atoms with Gasteiger partial charge in [0.2, 0.25) is 17.7 Å². The quantitative estimate of drug-likeness (QED) is 0.186. The Hall–Kier alpha value is -5.27. The van der Waals surface area contributed by atoms with E-state index in [9.17, 15) is 24.6 Å². The number of terminal acetylenes is 1. The smallest absolute Gasteiger partial charge is 0.246 e. The molecule has 1 aromatic heterocycles. The second kappa shape index (κ2) is 20.1. The van der Waals surface area contributed by atoms with Gasteiger partial charge in [0.25, 0.3) is 0 Å². The van der Waals surface area contributed by atoms with Crippen molar-refractivity contribution >= 4 is 29.2 Å². The number of benzene rings is 2. The van der Waals surface area contributed by atoms with Gasteiger partial charge in [-0.1, -0.05) is 51.0 Å². The molecule has 0 spiro atoms. The molecule has 0 bridgehead atoms. The number of anilines is 2. The summed E-state index contributed by atoms with van der Waals surface area (Å²) >= 11 is 0. The first kappa shape index (κ1) is 46.8. The fourth-order valence-corrected chi connectivity index (χ4v) is 11.8. The second-order valence-corrected chi connectivity index (χ2v) is 21.0. The molecule has 67 heavy (non-hydrogen) atoms. The highest BCUT2D eigenvalue weighted by atomic mass is 16.3. The Balaban J connectivity index is 0.705. The van der Waals surface area contributed by atoms with Crippen LogP contribution in [-0.4, -0.2) is 159 Å². The number of carbonyl (C=O) groups excluding carboxylic acids is 3. The van der Waals surface area contributed by atoms with Gasteiger partial charge in [0, 0.05) is 80.9 Å². The molecule has 5 fully saturated rings. The van der Waals surface area contributed by atoms with Crippen LogP contribution in [0.3, 0.4) is 0 Å². The molecule has 6 heterocycles. The average molecular weight is 915 g/mol. The van der Waals surface area contributed by atoms with Gasteiger partial charge < -0.3 is 45.8 Å². The predicted octanol–water partition coefficient (Wildman–Crippen LogP) is 4.04. The number of piperidine rings is 2. The molecule has 5 aliphatic heterocycles. The fourth-order valence-electron chi connectivity index (χ4n) is 11.8. The number of aliphatic hydroxyl groups excluding tert-OH is 1. The van der Waals surface area contributed by atoms with Gasteiger partial charge in [0.05, 0.1) is 23.5 Å². The zero-order valence-corrected chi connectivity index (χ0v) is 39.6. The van der Waals surface area contributed by atoms with E-state index in [2.05, 4.69) is 57.7 Å². The SMILES string of the molecule is C#Cc1ccc(CNC(=O)[C@@H]2C[C@@H](O)CN2C(=O)[C@@H](NC(=O)[C@H]2CC[C@@H](N3CCC(N4CCC(N5CCN6c7cc(-c8ccccc8O)nnc7NC[C@H]6C5)CC4)CC3)CC2)C(C)(C)C)cc1. The van der Waals surface area contributed by atoms with Crippen LogP contribution in [-0.2, 0) is 20.9 Å². The molecule has 9 rings (SSSR count). The first-order chi connectivity index (χ1) is 32.3. The molecule has 2 aromatic carbocycles. The normalized spacial score (nSPS) is 26.2. The average Bonchev–Trinajstić information content (AvgIpc) is 3.76. The molecular formula is C52H70N10O5. The molecule has 6 aliphatic rings. The van der Waals surface area contributed by atoms with E-state index in [-0.39, 0.29) is 48.9 Å². The van der Waals surface area contributed by atoms with Crippen LogP contribution in [0.4, 0.5) is 11.5 Å². The first-order valence-electron chi connectivity index (χ1n) is 24.8. The van der Waals surface area contributed by atoms with Crippen molar-refractivity contribution in [3.8, 4) is 29.4 Å². The number of aromatic hydroxyl groups is 1. The number of hydrogen-bond donors (Lipinski definition) is 5. The maximum atomic E-state index is 14.2. The topological polar surface area (TPSA) is 170 Å². The number of amides is 3. The molecule has 3 amide bonds. The van der Waals surface area contributed by atoms with Crippen molar-refractivity contribution < 1.29 is 24.6 Å². The maximum absolute atomic E-state index is 14.2. The number of β-amino-alcohol motifs (C(OH)–C–C–N with tert-alkyl or cyclic N) is 1. The van der Waals surface area contributed by atoms with E-state index in [4.69, 9.17) is 6.42 Å². The van der Waals surface area contributed by atoms with Gasteiger partial charge in [-0.15, -0.1) is 16.6 Å². The number of piperazine rings is 1. The molecule has 3 aromatic rings. The summed E-state index contributed by atoms with van der Waals surface area (Å²) in [7, 11) is 0. The monoisotopic (exact) mass is 915 g/mol. The van der Waals surface area contributed by atoms with Crippen LogP contribution in [0.5, 0.6) is 5.75 Å². The fraction of sp³-hybridized carbons (Fsp3) is 0.596. The van der Waals surface area contributed by atoms with Gasteiger partial charge >= 0.3 is 0 Å². The van der Waals surface area contributed by atoms with Gasteiger partial charge in [-0.05, 0) is 119 Å². The van der Waals surface area contributed by atoms with E-state index in [1.54, 1.807) is 6.07 Å². The summed E-state index contributed by atoms with van der Waals surface area (Å²) in [4.78, 5) is 53.6. The maximum Gasteiger partial charge on any atom is 0.246 e. The summed E-state index contributed by atoms with van der Waals surface area (Å²) in [5.74, 6) is 2.70. The van der Waals surface area contributed by atoms with Crippen molar-refractivity contribution in [2.75, 3.05) is 69.1 Å². The van der Waals surface area contributed by atoms with E-state index in [1.165, 1.54) is 30.6 Å². The molecule has 4 atom stereocenters. The summed E-state index contributed by atoms with van der Waals surface area (Å²) in [6, 6.07) is 17.1. The number of nitrogens with zero attached hydrogens (tertiary/aromatic N) is 7. The first-order valence-corrected chi connectivity index (χ1v) is 24.8. The highest BCUT2D eigenvalue weighted by molar-refractivity contribution is 5.93. The van der Waals surface area contributed by atoms with Crippen molar-refractivity contribution in [3.05, 3.63) is 65.7 Å². The largest absolute Gasteiger partial charge is 0.507 e. The predicted molar refractivity (Wildman–Crippen MR) is 259 cm³/mol. The Morgan fingerprint density at radius 1 is 0.806 bits per heavy atom. The van der Waals surface area contributed by atoms with Crippen LogP contribution in [0.15, 0.2) is 54.6 Å². The summed E-state index contributed by atoms with van der Waals surface area (Å²) in [5.41, 5.74) is 3.49. The number of hydrogen-bond acceptors (Lipinski definition) is 12. The van der Waals surface area contributed by atoms with E-state index in [0.29, 0.717) is 35.4 Å². The van der Waals surface area contributed by atoms with Crippen molar-refractivity contribution in [2.24, 2.45) is 11.3 Å². The van der Waals surface area contributed by atoms with Gasteiger partial charge in [-0.3, -0.25) is 19.3 Å². The van der Waals surface area contributed by atoms with Crippen LogP contribution >= 0.6 is 0 Å². The molecule has 1 aliphatic carbocycles. The van der Waals surface area contributed by atoms with Gasteiger partial charge in [0.15, 0.2) is 5.82 Å². The number of para-hydroxylation sites is 1. The number of phenols is 1. The Morgan fingerprint density at radius 2 is 1.46 bits per heavy atom.